The van der Waals surface area contributed by atoms with Crippen LogP contribution in [0.5, 0.6) is 0 Å². The van der Waals surface area contributed by atoms with E-state index in [2.05, 4.69) is 99.5 Å². The van der Waals surface area contributed by atoms with Gasteiger partial charge < -0.3 is 29.6 Å². The number of ketones is 1. The van der Waals surface area contributed by atoms with E-state index < -0.39 is 46.1 Å². The molecule has 4 aliphatic carbocycles. The molecule has 2 fully saturated rings. The third-order valence-corrected chi connectivity index (χ3v) is 15.3. The number of hydrogen-bond donors (Lipinski definition) is 3. The van der Waals surface area contributed by atoms with Crippen molar-refractivity contribution in [2.45, 2.75) is 171 Å². The van der Waals surface area contributed by atoms with Crippen LogP contribution in [0.25, 0.3) is 0 Å². The summed E-state index contributed by atoms with van der Waals surface area (Å²) in [6, 6.07) is 0. The number of aliphatic hydroxyl groups is 3. The number of hydrogen-bond acceptors (Lipinski definition) is 9. The number of ether oxygens (including phenoxy) is 2. The Bertz CT molecular complexity index is 1670. The van der Waals surface area contributed by atoms with Gasteiger partial charge >= 0.3 is 5.97 Å². The fourth-order valence-corrected chi connectivity index (χ4v) is 12.3. The van der Waals surface area contributed by atoms with Crippen LogP contribution >= 0.6 is 0 Å². The SMILES string of the molecule is CCCCO/N=C1\CC(O)[C@H]2C=C(C)C3C(CC)=C[C@H](CO)C[C@@H](C)[C@H](OC(C)C)[C@H](C)CCC[C@]4(C)C=C(C)[C@H](C)CC45OC(=O)C(=C(O)C3(CC)C2C1C)C5=O. The highest BCUT2D eigenvalue weighted by Crippen LogP contribution is 2.63. The molecule has 9 nitrogen and oxygen atoms in total. The van der Waals surface area contributed by atoms with Crippen LogP contribution < -0.4 is 0 Å². The molecular formula is C49H77NO8. The van der Waals surface area contributed by atoms with Gasteiger partial charge in [-0.15, -0.1) is 0 Å². The Labute approximate surface area is 349 Å². The van der Waals surface area contributed by atoms with Gasteiger partial charge in [0.2, 0.25) is 5.78 Å². The lowest BCUT2D eigenvalue weighted by molar-refractivity contribution is -0.166. The van der Waals surface area contributed by atoms with Crippen LogP contribution in [-0.2, 0) is 23.9 Å². The van der Waals surface area contributed by atoms with E-state index in [0.29, 0.717) is 50.8 Å². The van der Waals surface area contributed by atoms with Crippen LogP contribution in [-0.4, -0.2) is 69.9 Å². The molecule has 0 aromatic heterocycles. The summed E-state index contributed by atoms with van der Waals surface area (Å²) in [7, 11) is 0. The molecule has 0 radical (unpaired) electrons. The second-order valence-corrected chi connectivity index (χ2v) is 19.6. The second kappa shape index (κ2) is 18.5. The van der Waals surface area contributed by atoms with E-state index in [0.717, 1.165) is 36.8 Å². The molecule has 0 aromatic carbocycles. The van der Waals surface area contributed by atoms with Crippen molar-refractivity contribution in [3.63, 3.8) is 0 Å². The van der Waals surface area contributed by atoms with Crippen molar-refractivity contribution in [1.29, 1.82) is 0 Å². The van der Waals surface area contributed by atoms with E-state index in [-0.39, 0.29) is 65.7 Å². The average Bonchev–Trinajstić information content (AvgIpc) is 3.42. The van der Waals surface area contributed by atoms with E-state index in [1.54, 1.807) is 0 Å². The Balaban J connectivity index is 1.83. The molecule has 1 heterocycles. The normalized spacial score (nSPS) is 40.9. The van der Waals surface area contributed by atoms with E-state index in [1.807, 2.05) is 6.92 Å². The van der Waals surface area contributed by atoms with Crippen LogP contribution in [0.15, 0.2) is 51.4 Å². The summed E-state index contributed by atoms with van der Waals surface area (Å²) in [6.45, 7) is 25.6. The monoisotopic (exact) mass is 808 g/mol. The van der Waals surface area contributed by atoms with Crippen molar-refractivity contribution in [2.24, 2.45) is 63.3 Å². The quantitative estimate of drug-likeness (QED) is 0.0689. The van der Waals surface area contributed by atoms with Crippen molar-refractivity contribution < 1.29 is 39.2 Å². The van der Waals surface area contributed by atoms with Gasteiger partial charge in [0.25, 0.3) is 0 Å². The molecule has 5 rings (SSSR count). The van der Waals surface area contributed by atoms with Gasteiger partial charge in [-0.2, -0.15) is 0 Å². The summed E-state index contributed by atoms with van der Waals surface area (Å²) in [5.41, 5.74) is 0.139. The summed E-state index contributed by atoms with van der Waals surface area (Å²) >= 11 is 0. The number of carbonyl (C=O) groups excluding carboxylic acids is 2. The maximum atomic E-state index is 15.5. The predicted molar refractivity (Wildman–Crippen MR) is 230 cm³/mol. The Morgan fingerprint density at radius 2 is 1.74 bits per heavy atom. The van der Waals surface area contributed by atoms with Crippen LogP contribution in [0.2, 0.25) is 0 Å². The van der Waals surface area contributed by atoms with Gasteiger partial charge in [-0.1, -0.05) is 108 Å². The molecule has 1 saturated heterocycles. The van der Waals surface area contributed by atoms with Gasteiger partial charge in [0.1, 0.15) is 17.9 Å². The Morgan fingerprint density at radius 3 is 2.36 bits per heavy atom. The first-order chi connectivity index (χ1) is 27.4. The zero-order chi connectivity index (χ0) is 42.9. The summed E-state index contributed by atoms with van der Waals surface area (Å²) in [6.07, 6.45) is 12.1. The summed E-state index contributed by atoms with van der Waals surface area (Å²) in [4.78, 5) is 36.0. The number of fused-ring (bicyclic) bond motifs is 4. The number of carbonyl (C=O) groups is 2. The molecule has 0 amide bonds. The van der Waals surface area contributed by atoms with E-state index in [9.17, 15) is 20.1 Å². The number of nitrogens with zero attached hydrogens (tertiary/aromatic N) is 1. The number of rotatable bonds is 9. The molecule has 5 aliphatic rings. The molecule has 13 atom stereocenters. The lowest BCUT2D eigenvalue weighted by atomic mass is 9.46. The molecule has 1 aliphatic heterocycles. The van der Waals surface area contributed by atoms with Gasteiger partial charge in [0.15, 0.2) is 5.60 Å². The van der Waals surface area contributed by atoms with Crippen LogP contribution in [0, 0.1) is 58.2 Å². The second-order valence-electron chi connectivity index (χ2n) is 19.6. The van der Waals surface area contributed by atoms with E-state index in [1.165, 1.54) is 5.57 Å². The van der Waals surface area contributed by atoms with Crippen molar-refractivity contribution in [1.82, 2.24) is 0 Å². The molecule has 2 bridgehead atoms. The average molecular weight is 808 g/mol. The van der Waals surface area contributed by atoms with Crippen molar-refractivity contribution in [2.75, 3.05) is 13.2 Å². The van der Waals surface area contributed by atoms with Crippen LogP contribution in [0.3, 0.4) is 0 Å². The molecular weight excluding hydrogens is 731 g/mol. The van der Waals surface area contributed by atoms with E-state index in [4.69, 9.17) is 14.3 Å². The highest BCUT2D eigenvalue weighted by molar-refractivity contribution is 6.26. The van der Waals surface area contributed by atoms with Gasteiger partial charge in [0, 0.05) is 54.0 Å². The Hall–Kier alpha value is -2.75. The van der Waals surface area contributed by atoms with Gasteiger partial charge in [-0.25, -0.2) is 4.79 Å². The predicted octanol–water partition coefficient (Wildman–Crippen LogP) is 10.0. The number of esters is 1. The maximum Gasteiger partial charge on any atom is 0.346 e. The molecule has 1 spiro atoms. The lowest BCUT2D eigenvalue weighted by Gasteiger charge is -2.57. The smallest absolute Gasteiger partial charge is 0.346 e. The Kier molecular flexibility index (Phi) is 14.8. The van der Waals surface area contributed by atoms with Crippen molar-refractivity contribution in [3.05, 3.63) is 46.3 Å². The minimum Gasteiger partial charge on any atom is -0.511 e. The lowest BCUT2D eigenvalue weighted by Crippen LogP contribution is -2.57. The molecule has 1 saturated carbocycles. The standard InChI is InChI=1S/C49H77NO8/c1-13-16-20-56-50-38-24-39(52)37-22-30(7)41-36(14-2)23-35(27-51)21-31(8)43(57-28(4)5)29(6)18-17-19-47(12)25-32(9)33(10)26-49(47)45(54)40(46(55)58-49)44(53)48(41,15-3)42(37)34(38)11/h22-23,25,28-29,31,33-35,37,39,41-43,51-53H,13-21,24,26-27H2,1-12H3/b36-23?,44-40?,50-38+/t29-,31-,33-,34?,35-,37-,39?,41?,42?,43-,47-,48?,49?/m1/s1. The van der Waals surface area contributed by atoms with E-state index >= 15 is 4.79 Å². The van der Waals surface area contributed by atoms with Gasteiger partial charge in [-0.05, 0) is 89.9 Å². The van der Waals surface area contributed by atoms with Crippen LogP contribution in [0.4, 0.5) is 0 Å². The van der Waals surface area contributed by atoms with Crippen molar-refractivity contribution >= 4 is 17.5 Å². The van der Waals surface area contributed by atoms with Crippen LogP contribution in [0.1, 0.15) is 147 Å². The Morgan fingerprint density at radius 1 is 1.03 bits per heavy atom. The largest absolute Gasteiger partial charge is 0.511 e. The number of unbranched alkanes of at least 4 members (excludes halogenated alkanes) is 1. The third kappa shape index (κ3) is 8.19. The summed E-state index contributed by atoms with van der Waals surface area (Å²) in [5, 5.41) is 41.0. The number of Topliss-reactive ketones (excluding diaryl/α,β-unsaturated/α-hetero) is 1. The third-order valence-electron chi connectivity index (χ3n) is 15.3. The maximum absolute atomic E-state index is 15.5. The zero-order valence-electron chi connectivity index (χ0n) is 37.9. The minimum absolute atomic E-state index is 0.00817. The minimum atomic E-state index is -1.48. The molecule has 58 heavy (non-hydrogen) atoms. The molecule has 0 aromatic rings. The molecule has 6 unspecified atom stereocenters. The molecule has 326 valence electrons. The molecule has 9 heteroatoms. The van der Waals surface area contributed by atoms with Gasteiger partial charge in [0.05, 0.1) is 24.0 Å². The number of aliphatic hydroxyl groups excluding tert-OH is 3. The number of oxime groups is 1. The highest BCUT2D eigenvalue weighted by Gasteiger charge is 2.67. The zero-order valence-corrected chi connectivity index (χ0v) is 37.9. The first-order valence-corrected chi connectivity index (χ1v) is 22.8. The summed E-state index contributed by atoms with van der Waals surface area (Å²) < 4.78 is 13.2. The number of allylic oxidation sites excluding steroid dienone is 4. The first-order valence-electron chi connectivity index (χ1n) is 22.8. The highest BCUT2D eigenvalue weighted by atomic mass is 16.6. The fourth-order valence-electron chi connectivity index (χ4n) is 12.3. The van der Waals surface area contributed by atoms with Crippen molar-refractivity contribution in [3.8, 4) is 0 Å². The van der Waals surface area contributed by atoms with Gasteiger partial charge in [-0.3, -0.25) is 4.79 Å². The first kappa shape index (κ1) is 46.3. The molecule has 3 N–H and O–H groups in total. The summed E-state index contributed by atoms with van der Waals surface area (Å²) in [5.74, 6) is -2.85. The topological polar surface area (TPSA) is 135 Å². The fraction of sp³-hybridized carbons (Fsp3) is 0.776.